The summed E-state index contributed by atoms with van der Waals surface area (Å²) in [5, 5.41) is 0. The molecule has 1 aromatic heterocycles. The number of anilines is 2. The van der Waals surface area contributed by atoms with Crippen LogP contribution in [0.3, 0.4) is 0 Å². The number of ether oxygens (including phenoxy) is 1. The minimum atomic E-state index is 0.405. The van der Waals surface area contributed by atoms with Crippen LogP contribution < -0.4 is 10.6 Å². The molecule has 0 spiro atoms. The van der Waals surface area contributed by atoms with Crippen molar-refractivity contribution >= 4 is 11.6 Å². The highest BCUT2D eigenvalue weighted by Gasteiger charge is 2.29. The molecule has 1 heterocycles. The number of methoxy groups -OCH3 is 1. The Bertz CT molecular complexity index is 379. The number of hydrogen-bond donors (Lipinski definition) is 1. The maximum atomic E-state index is 5.81. The van der Waals surface area contributed by atoms with E-state index in [0.29, 0.717) is 24.3 Å². The first-order chi connectivity index (χ1) is 8.24. The molecule has 5 nitrogen and oxygen atoms in total. The molecule has 94 valence electrons. The van der Waals surface area contributed by atoms with Crippen molar-refractivity contribution in [3.05, 3.63) is 11.9 Å². The van der Waals surface area contributed by atoms with E-state index in [4.69, 9.17) is 10.5 Å². The Morgan fingerprint density at radius 2 is 2.24 bits per heavy atom. The van der Waals surface area contributed by atoms with Crippen LogP contribution in [0.1, 0.15) is 32.0 Å². The van der Waals surface area contributed by atoms with Crippen molar-refractivity contribution in [2.75, 3.05) is 24.3 Å². The molecule has 17 heavy (non-hydrogen) atoms. The van der Waals surface area contributed by atoms with Gasteiger partial charge in [-0.25, -0.2) is 9.97 Å². The molecular formula is C12H20N4O. The lowest BCUT2D eigenvalue weighted by Gasteiger charge is -2.23. The first-order valence-corrected chi connectivity index (χ1v) is 6.13. The lowest BCUT2D eigenvalue weighted by Crippen LogP contribution is -2.28. The van der Waals surface area contributed by atoms with Gasteiger partial charge in [0.1, 0.15) is 18.2 Å². The summed E-state index contributed by atoms with van der Waals surface area (Å²) in [5.74, 6) is 2.11. The monoisotopic (exact) mass is 236 g/mol. The maximum Gasteiger partial charge on any atom is 0.158 e. The summed E-state index contributed by atoms with van der Waals surface area (Å²) in [7, 11) is 1.64. The third-order valence-corrected chi connectivity index (χ3v) is 2.80. The lowest BCUT2D eigenvalue weighted by atomic mass is 10.3. The highest BCUT2D eigenvalue weighted by molar-refractivity contribution is 5.48. The van der Waals surface area contributed by atoms with Crippen LogP contribution in [0.5, 0.6) is 0 Å². The van der Waals surface area contributed by atoms with Gasteiger partial charge in [0.2, 0.25) is 0 Å². The normalized spacial score (nSPS) is 14.9. The van der Waals surface area contributed by atoms with Gasteiger partial charge in [0.25, 0.3) is 0 Å². The fraction of sp³-hybridized carbons (Fsp3) is 0.667. The third-order valence-electron chi connectivity index (χ3n) is 2.80. The Hall–Kier alpha value is -1.36. The van der Waals surface area contributed by atoms with Crippen molar-refractivity contribution in [3.8, 4) is 0 Å². The van der Waals surface area contributed by atoms with Gasteiger partial charge in [0.15, 0.2) is 5.82 Å². The molecule has 1 aromatic rings. The standard InChI is InChI=1S/C12H20N4O/c1-3-6-16(9-4-5-9)12-7-10(13)14-11(15-12)8-17-2/h7,9H,3-6,8H2,1-2H3,(H2,13,14,15). The summed E-state index contributed by atoms with van der Waals surface area (Å²) in [4.78, 5) is 11.0. The van der Waals surface area contributed by atoms with Crippen molar-refractivity contribution < 1.29 is 4.74 Å². The first-order valence-electron chi connectivity index (χ1n) is 6.13. The highest BCUT2D eigenvalue weighted by atomic mass is 16.5. The van der Waals surface area contributed by atoms with Crippen LogP contribution >= 0.6 is 0 Å². The maximum absolute atomic E-state index is 5.81. The van der Waals surface area contributed by atoms with E-state index in [9.17, 15) is 0 Å². The minimum absolute atomic E-state index is 0.405. The largest absolute Gasteiger partial charge is 0.384 e. The number of aromatic nitrogens is 2. The number of rotatable bonds is 6. The van der Waals surface area contributed by atoms with E-state index in [1.807, 2.05) is 6.07 Å². The van der Waals surface area contributed by atoms with Crippen LogP contribution in [0.25, 0.3) is 0 Å². The van der Waals surface area contributed by atoms with Gasteiger partial charge in [0.05, 0.1) is 0 Å². The highest BCUT2D eigenvalue weighted by Crippen LogP contribution is 2.31. The van der Waals surface area contributed by atoms with Gasteiger partial charge in [-0.1, -0.05) is 6.92 Å². The SMILES string of the molecule is CCCN(c1cc(N)nc(COC)n1)C1CC1. The van der Waals surface area contributed by atoms with Crippen LogP contribution in [-0.4, -0.2) is 29.7 Å². The van der Waals surface area contributed by atoms with E-state index < -0.39 is 0 Å². The van der Waals surface area contributed by atoms with Gasteiger partial charge in [0, 0.05) is 25.8 Å². The number of hydrogen-bond acceptors (Lipinski definition) is 5. The number of nitrogens with zero attached hydrogens (tertiary/aromatic N) is 3. The quantitative estimate of drug-likeness (QED) is 0.812. The van der Waals surface area contributed by atoms with Crippen molar-refractivity contribution in [2.24, 2.45) is 0 Å². The van der Waals surface area contributed by atoms with Crippen molar-refractivity contribution in [1.82, 2.24) is 9.97 Å². The Morgan fingerprint density at radius 1 is 1.47 bits per heavy atom. The molecule has 1 aliphatic carbocycles. The van der Waals surface area contributed by atoms with Gasteiger partial charge >= 0.3 is 0 Å². The molecule has 0 radical (unpaired) electrons. The van der Waals surface area contributed by atoms with Gasteiger partial charge in [-0.05, 0) is 19.3 Å². The Balaban J connectivity index is 2.22. The van der Waals surface area contributed by atoms with Gasteiger partial charge < -0.3 is 15.4 Å². The predicted octanol–water partition coefficient (Wildman–Crippen LogP) is 1.58. The second-order valence-electron chi connectivity index (χ2n) is 4.42. The summed E-state index contributed by atoms with van der Waals surface area (Å²) in [5.41, 5.74) is 5.81. The Labute approximate surface area is 102 Å². The zero-order chi connectivity index (χ0) is 12.3. The molecule has 0 saturated heterocycles. The van der Waals surface area contributed by atoms with Crippen molar-refractivity contribution in [3.63, 3.8) is 0 Å². The summed E-state index contributed by atoms with van der Waals surface area (Å²) in [6, 6.07) is 2.49. The van der Waals surface area contributed by atoms with Crippen LogP contribution in [-0.2, 0) is 11.3 Å². The molecule has 2 N–H and O–H groups in total. The van der Waals surface area contributed by atoms with E-state index in [1.54, 1.807) is 7.11 Å². The molecule has 2 rings (SSSR count). The molecule has 0 amide bonds. The molecule has 0 aromatic carbocycles. The summed E-state index contributed by atoms with van der Waals surface area (Å²) in [6.07, 6.45) is 3.62. The minimum Gasteiger partial charge on any atom is -0.384 e. The van der Waals surface area contributed by atoms with Gasteiger partial charge in [-0.15, -0.1) is 0 Å². The average Bonchev–Trinajstić information content (AvgIpc) is 3.09. The van der Waals surface area contributed by atoms with E-state index in [-0.39, 0.29) is 0 Å². The van der Waals surface area contributed by atoms with Gasteiger partial charge in [-0.3, -0.25) is 0 Å². The predicted molar refractivity (Wildman–Crippen MR) is 67.8 cm³/mol. The van der Waals surface area contributed by atoms with Crippen molar-refractivity contribution in [1.29, 1.82) is 0 Å². The number of nitrogens with two attached hydrogens (primary N) is 1. The topological polar surface area (TPSA) is 64.3 Å². The van der Waals surface area contributed by atoms with E-state index in [1.165, 1.54) is 12.8 Å². The molecular weight excluding hydrogens is 216 g/mol. The van der Waals surface area contributed by atoms with E-state index in [0.717, 1.165) is 18.8 Å². The van der Waals surface area contributed by atoms with Crippen LogP contribution in [0.4, 0.5) is 11.6 Å². The smallest absolute Gasteiger partial charge is 0.158 e. The summed E-state index contributed by atoms with van der Waals surface area (Å²) >= 11 is 0. The molecule has 0 atom stereocenters. The molecule has 0 aliphatic heterocycles. The second kappa shape index (κ2) is 5.31. The third kappa shape index (κ3) is 3.06. The molecule has 5 heteroatoms. The van der Waals surface area contributed by atoms with Crippen LogP contribution in [0, 0.1) is 0 Å². The lowest BCUT2D eigenvalue weighted by molar-refractivity contribution is 0.178. The summed E-state index contributed by atoms with van der Waals surface area (Å²) in [6.45, 7) is 3.60. The Morgan fingerprint density at radius 3 is 2.82 bits per heavy atom. The van der Waals surface area contributed by atoms with Crippen LogP contribution in [0.15, 0.2) is 6.07 Å². The first kappa shape index (κ1) is 12.1. The fourth-order valence-electron chi connectivity index (χ4n) is 1.96. The zero-order valence-electron chi connectivity index (χ0n) is 10.5. The zero-order valence-corrected chi connectivity index (χ0v) is 10.5. The molecule has 1 saturated carbocycles. The molecule has 1 fully saturated rings. The second-order valence-corrected chi connectivity index (χ2v) is 4.42. The molecule has 0 bridgehead atoms. The van der Waals surface area contributed by atoms with Crippen LogP contribution in [0.2, 0.25) is 0 Å². The van der Waals surface area contributed by atoms with Crippen molar-refractivity contribution in [2.45, 2.75) is 38.8 Å². The average molecular weight is 236 g/mol. The van der Waals surface area contributed by atoms with E-state index >= 15 is 0 Å². The number of nitrogen functional groups attached to an aromatic ring is 1. The summed E-state index contributed by atoms with van der Waals surface area (Å²) < 4.78 is 5.05. The molecule has 1 aliphatic rings. The van der Waals surface area contributed by atoms with E-state index in [2.05, 4.69) is 21.8 Å². The Kier molecular flexibility index (Phi) is 3.78. The fourth-order valence-corrected chi connectivity index (χ4v) is 1.96. The molecule has 0 unspecified atom stereocenters. The van der Waals surface area contributed by atoms with Gasteiger partial charge in [-0.2, -0.15) is 0 Å².